The van der Waals surface area contributed by atoms with Crippen LogP contribution in [-0.2, 0) is 11.3 Å². The Morgan fingerprint density at radius 1 is 1.00 bits per heavy atom. The van der Waals surface area contributed by atoms with Crippen LogP contribution in [0.1, 0.15) is 0 Å². The largest absolute Gasteiger partial charge is 0.497 e. The Morgan fingerprint density at radius 2 is 1.73 bits per heavy atom. The lowest BCUT2D eigenvalue weighted by Gasteiger charge is -2.10. The first kappa shape index (κ1) is 20.9. The summed E-state index contributed by atoms with van der Waals surface area (Å²) in [5, 5.41) is 2.72. The molecule has 0 saturated heterocycles. The third-order valence-corrected chi connectivity index (χ3v) is 4.35. The summed E-state index contributed by atoms with van der Waals surface area (Å²) in [4.78, 5) is 28.6. The maximum Gasteiger partial charge on any atom is 0.258 e. The van der Waals surface area contributed by atoms with Gasteiger partial charge in [0.25, 0.3) is 11.5 Å². The van der Waals surface area contributed by atoms with Gasteiger partial charge in [0.05, 0.1) is 26.2 Å². The van der Waals surface area contributed by atoms with Gasteiger partial charge in [-0.05, 0) is 36.4 Å². The van der Waals surface area contributed by atoms with E-state index in [1.807, 2.05) is 24.3 Å². The topological polar surface area (TPSA) is 91.7 Å². The predicted molar refractivity (Wildman–Crippen MR) is 112 cm³/mol. The molecule has 0 aliphatic rings. The highest BCUT2D eigenvalue weighted by Gasteiger charge is 2.06. The molecule has 0 aliphatic carbocycles. The number of benzene rings is 2. The average Bonchev–Trinajstić information content (AvgIpc) is 2.79. The highest BCUT2D eigenvalue weighted by molar-refractivity contribution is 5.77. The molecule has 0 spiro atoms. The fraction of sp³-hybridized carbons (Fsp3) is 0.227. The molecular formula is C22H23N3O5. The number of hydrogen-bond donors (Lipinski definition) is 1. The van der Waals surface area contributed by atoms with Crippen molar-refractivity contribution < 1.29 is 19.0 Å². The molecule has 0 saturated carbocycles. The van der Waals surface area contributed by atoms with Gasteiger partial charge in [-0.2, -0.15) is 0 Å². The van der Waals surface area contributed by atoms with E-state index in [2.05, 4.69) is 10.3 Å². The van der Waals surface area contributed by atoms with E-state index in [0.29, 0.717) is 23.7 Å². The van der Waals surface area contributed by atoms with E-state index < -0.39 is 0 Å². The van der Waals surface area contributed by atoms with Crippen molar-refractivity contribution in [3.8, 4) is 28.5 Å². The highest BCUT2D eigenvalue weighted by Crippen LogP contribution is 2.19. The van der Waals surface area contributed by atoms with E-state index in [9.17, 15) is 9.59 Å². The van der Waals surface area contributed by atoms with E-state index in [0.717, 1.165) is 11.3 Å². The summed E-state index contributed by atoms with van der Waals surface area (Å²) < 4.78 is 17.1. The molecule has 1 heterocycles. The Kier molecular flexibility index (Phi) is 7.05. The van der Waals surface area contributed by atoms with Gasteiger partial charge in [-0.1, -0.05) is 6.07 Å². The van der Waals surface area contributed by atoms with Gasteiger partial charge in [-0.25, -0.2) is 4.98 Å². The SMILES string of the molecule is COc1ccc(-c2cc(=O)n(CCNC(=O)COc3cccc(OC)c3)cn2)cc1. The molecular weight excluding hydrogens is 386 g/mol. The van der Waals surface area contributed by atoms with Crippen LogP contribution in [0.5, 0.6) is 17.2 Å². The fourth-order valence-corrected chi connectivity index (χ4v) is 2.72. The molecule has 2 aromatic carbocycles. The summed E-state index contributed by atoms with van der Waals surface area (Å²) in [6.45, 7) is 0.458. The molecule has 30 heavy (non-hydrogen) atoms. The standard InChI is InChI=1S/C22H23N3O5/c1-28-17-8-6-16(7-9-17)20-13-22(27)25(15-24-20)11-10-23-21(26)14-30-19-5-3-4-18(12-19)29-2/h3-9,12-13,15H,10-11,14H2,1-2H3,(H,23,26). The van der Waals surface area contributed by atoms with Gasteiger partial charge in [0.1, 0.15) is 17.2 Å². The molecule has 1 amide bonds. The van der Waals surface area contributed by atoms with Crippen molar-refractivity contribution in [2.45, 2.75) is 6.54 Å². The Bertz CT molecular complexity index is 1050. The number of rotatable bonds is 9. The summed E-state index contributed by atoms with van der Waals surface area (Å²) in [5.41, 5.74) is 1.20. The molecule has 0 radical (unpaired) electrons. The van der Waals surface area contributed by atoms with Crippen molar-refractivity contribution in [1.82, 2.24) is 14.9 Å². The summed E-state index contributed by atoms with van der Waals surface area (Å²) in [7, 11) is 3.16. The van der Waals surface area contributed by atoms with Crippen LogP contribution >= 0.6 is 0 Å². The Labute approximate surface area is 174 Å². The van der Waals surface area contributed by atoms with Crippen LogP contribution < -0.4 is 25.1 Å². The molecule has 3 rings (SSSR count). The van der Waals surface area contributed by atoms with Gasteiger partial charge in [-0.3, -0.25) is 14.2 Å². The van der Waals surface area contributed by atoms with Crippen LogP contribution in [-0.4, -0.2) is 42.8 Å². The molecule has 1 N–H and O–H groups in total. The summed E-state index contributed by atoms with van der Waals surface area (Å²) >= 11 is 0. The number of nitrogens with one attached hydrogen (secondary N) is 1. The minimum absolute atomic E-state index is 0.128. The third-order valence-electron chi connectivity index (χ3n) is 4.35. The third kappa shape index (κ3) is 5.60. The number of nitrogens with zero attached hydrogens (tertiary/aromatic N) is 2. The normalized spacial score (nSPS) is 10.3. The lowest BCUT2D eigenvalue weighted by molar-refractivity contribution is -0.123. The van der Waals surface area contributed by atoms with Crippen LogP contribution in [0.25, 0.3) is 11.3 Å². The van der Waals surface area contributed by atoms with Crippen LogP contribution in [0.4, 0.5) is 0 Å². The van der Waals surface area contributed by atoms with E-state index >= 15 is 0 Å². The first-order valence-electron chi connectivity index (χ1n) is 9.33. The second-order valence-electron chi connectivity index (χ2n) is 6.35. The highest BCUT2D eigenvalue weighted by atomic mass is 16.5. The van der Waals surface area contributed by atoms with Crippen LogP contribution in [0.2, 0.25) is 0 Å². The quantitative estimate of drug-likeness (QED) is 0.582. The second kappa shape index (κ2) is 10.1. The monoisotopic (exact) mass is 409 g/mol. The zero-order chi connectivity index (χ0) is 21.3. The van der Waals surface area contributed by atoms with Crippen LogP contribution in [0, 0.1) is 0 Å². The van der Waals surface area contributed by atoms with Gasteiger partial charge in [0.15, 0.2) is 6.61 Å². The predicted octanol–water partition coefficient (Wildman–Crippen LogP) is 2.12. The maximum absolute atomic E-state index is 12.3. The smallest absolute Gasteiger partial charge is 0.258 e. The van der Waals surface area contributed by atoms with Crippen molar-refractivity contribution >= 4 is 5.91 Å². The van der Waals surface area contributed by atoms with Gasteiger partial charge in [0.2, 0.25) is 0 Å². The molecule has 3 aromatic rings. The van der Waals surface area contributed by atoms with Gasteiger partial charge >= 0.3 is 0 Å². The zero-order valence-electron chi connectivity index (χ0n) is 16.8. The molecule has 8 nitrogen and oxygen atoms in total. The van der Waals surface area contributed by atoms with Crippen molar-refractivity contribution in [3.63, 3.8) is 0 Å². The minimum atomic E-state index is -0.284. The number of ether oxygens (including phenoxy) is 3. The van der Waals surface area contributed by atoms with E-state index in [4.69, 9.17) is 14.2 Å². The van der Waals surface area contributed by atoms with Crippen molar-refractivity contribution in [3.05, 3.63) is 71.3 Å². The van der Waals surface area contributed by atoms with E-state index in [1.165, 1.54) is 17.0 Å². The van der Waals surface area contributed by atoms with E-state index in [-0.39, 0.29) is 24.6 Å². The zero-order valence-corrected chi connectivity index (χ0v) is 16.8. The number of methoxy groups -OCH3 is 2. The summed E-state index contributed by atoms with van der Waals surface area (Å²) in [6.07, 6.45) is 1.47. The number of hydrogen-bond acceptors (Lipinski definition) is 6. The number of amides is 1. The molecule has 0 aliphatic heterocycles. The van der Waals surface area contributed by atoms with Gasteiger partial charge in [-0.15, -0.1) is 0 Å². The lowest BCUT2D eigenvalue weighted by atomic mass is 10.1. The number of aromatic nitrogens is 2. The van der Waals surface area contributed by atoms with Crippen molar-refractivity contribution in [1.29, 1.82) is 0 Å². The summed E-state index contributed by atoms with van der Waals surface area (Å²) in [6, 6.07) is 15.8. The minimum Gasteiger partial charge on any atom is -0.497 e. The molecule has 0 bridgehead atoms. The maximum atomic E-state index is 12.3. The van der Waals surface area contributed by atoms with Gasteiger partial charge in [0, 0.05) is 30.8 Å². The molecule has 156 valence electrons. The van der Waals surface area contributed by atoms with Crippen molar-refractivity contribution in [2.75, 3.05) is 27.4 Å². The molecule has 1 aromatic heterocycles. The van der Waals surface area contributed by atoms with E-state index in [1.54, 1.807) is 38.5 Å². The molecule has 0 unspecified atom stereocenters. The molecule has 8 heteroatoms. The molecule has 0 atom stereocenters. The van der Waals surface area contributed by atoms with Gasteiger partial charge < -0.3 is 19.5 Å². The first-order valence-corrected chi connectivity index (χ1v) is 9.33. The Hall–Kier alpha value is -3.81. The number of carbonyl (C=O) groups is 1. The summed E-state index contributed by atoms with van der Waals surface area (Å²) in [5.74, 6) is 1.64. The second-order valence-corrected chi connectivity index (χ2v) is 6.35. The fourth-order valence-electron chi connectivity index (χ4n) is 2.72. The van der Waals surface area contributed by atoms with Crippen LogP contribution in [0.15, 0.2) is 65.7 Å². The Balaban J connectivity index is 1.49. The van der Waals surface area contributed by atoms with Crippen LogP contribution in [0.3, 0.4) is 0 Å². The molecule has 0 fully saturated rings. The lowest BCUT2D eigenvalue weighted by Crippen LogP contribution is -2.33. The number of carbonyl (C=O) groups excluding carboxylic acids is 1. The Morgan fingerprint density at radius 3 is 2.43 bits per heavy atom. The average molecular weight is 409 g/mol. The van der Waals surface area contributed by atoms with Crippen molar-refractivity contribution in [2.24, 2.45) is 0 Å². The first-order chi connectivity index (χ1) is 14.6.